The second kappa shape index (κ2) is 43.1. The Balaban J connectivity index is 5.15. The van der Waals surface area contributed by atoms with Gasteiger partial charge in [-0.2, -0.15) is 0 Å². The summed E-state index contributed by atoms with van der Waals surface area (Å²) in [5.74, 6) is -2.18. The first-order chi connectivity index (χ1) is 31.7. The van der Waals surface area contributed by atoms with Crippen LogP contribution in [-0.4, -0.2) is 96.7 Å². The van der Waals surface area contributed by atoms with Gasteiger partial charge >= 0.3 is 39.5 Å². The molecule has 0 fully saturated rings. The summed E-state index contributed by atoms with van der Waals surface area (Å²) in [5, 5.41) is 10.4. The minimum absolute atomic E-state index is 0.103. The highest BCUT2D eigenvalue weighted by atomic mass is 31.2. The summed E-state index contributed by atoms with van der Waals surface area (Å²) >= 11 is 0. The number of phosphoric ester groups is 2. The molecule has 0 radical (unpaired) electrons. The highest BCUT2D eigenvalue weighted by Gasteiger charge is 2.30. The molecule has 0 amide bonds. The van der Waals surface area contributed by atoms with Crippen molar-refractivity contribution in [3.05, 3.63) is 0 Å². The summed E-state index contributed by atoms with van der Waals surface area (Å²) in [6.07, 6.45) is 21.9. The van der Waals surface area contributed by atoms with E-state index in [1.807, 2.05) is 0 Å². The van der Waals surface area contributed by atoms with Crippen LogP contribution in [-0.2, 0) is 65.4 Å². The van der Waals surface area contributed by atoms with Crippen molar-refractivity contribution in [3.63, 3.8) is 0 Å². The molecule has 0 heterocycles. The molecule has 2 unspecified atom stereocenters. The van der Waals surface area contributed by atoms with E-state index in [1.165, 1.54) is 12.8 Å². The van der Waals surface area contributed by atoms with E-state index in [0.717, 1.165) is 128 Å². The van der Waals surface area contributed by atoms with Gasteiger partial charge in [-0.25, -0.2) is 9.13 Å². The maximum absolute atomic E-state index is 12.8. The first-order valence-electron chi connectivity index (χ1n) is 25.3. The normalized spacial score (nSPS) is 14.7. The summed E-state index contributed by atoms with van der Waals surface area (Å²) in [5.41, 5.74) is 0. The summed E-state index contributed by atoms with van der Waals surface area (Å²) in [6, 6.07) is 0. The van der Waals surface area contributed by atoms with Gasteiger partial charge in [0.2, 0.25) is 0 Å². The summed E-state index contributed by atoms with van der Waals surface area (Å²) in [7, 11) is -9.83. The number of aliphatic hydroxyl groups is 1. The minimum Gasteiger partial charge on any atom is -0.462 e. The number of ether oxygens (including phenoxy) is 4. The standard InChI is InChI=1S/C47H90O17P2/c1-5-9-13-17-20-22-26-30-34-47(52)64-43(38-58-45(50)32-28-24-19-15-11-7-3)40-62-66(55,56)60-36-41(48)35-59-65(53,54)61-39-42(37-57-44(49)31-27-23-16-12-8-4)63-46(51)33-29-25-21-18-14-10-6-2/h41-43,48H,5-40H2,1-4H3,(H,53,54)(H,55,56)/t41-,42-,43-/m1/s1. The number of carbonyl (C=O) groups excluding carboxylic acids is 4. The number of unbranched alkanes of at least 4 members (excludes halogenated alkanes) is 22. The van der Waals surface area contributed by atoms with Gasteiger partial charge in [0.25, 0.3) is 0 Å². The molecule has 0 saturated carbocycles. The van der Waals surface area contributed by atoms with Crippen LogP contribution in [0, 0.1) is 0 Å². The fourth-order valence-electron chi connectivity index (χ4n) is 6.63. The van der Waals surface area contributed by atoms with Crippen LogP contribution in [0.2, 0.25) is 0 Å². The molecule has 0 spiro atoms. The number of hydrogen-bond donors (Lipinski definition) is 3. The van der Waals surface area contributed by atoms with Gasteiger partial charge in [0.05, 0.1) is 26.4 Å². The predicted octanol–water partition coefficient (Wildman–Crippen LogP) is 11.3. The molecule has 0 aromatic carbocycles. The maximum Gasteiger partial charge on any atom is 0.472 e. The monoisotopic (exact) mass is 989 g/mol. The lowest BCUT2D eigenvalue weighted by atomic mass is 10.1. The van der Waals surface area contributed by atoms with E-state index in [1.54, 1.807) is 0 Å². The van der Waals surface area contributed by atoms with Crippen LogP contribution in [0.15, 0.2) is 0 Å². The first-order valence-corrected chi connectivity index (χ1v) is 28.3. The van der Waals surface area contributed by atoms with Crippen molar-refractivity contribution in [2.24, 2.45) is 0 Å². The number of rotatable bonds is 48. The molecule has 390 valence electrons. The van der Waals surface area contributed by atoms with Gasteiger partial charge in [-0.15, -0.1) is 0 Å². The molecule has 3 N–H and O–H groups in total. The average Bonchev–Trinajstić information content (AvgIpc) is 3.28. The molecule has 17 nitrogen and oxygen atoms in total. The fraction of sp³-hybridized carbons (Fsp3) is 0.915. The van der Waals surface area contributed by atoms with E-state index in [4.69, 9.17) is 37.0 Å². The second-order valence-corrected chi connectivity index (χ2v) is 20.0. The lowest BCUT2D eigenvalue weighted by Gasteiger charge is -2.21. The Hall–Kier alpha value is -1.94. The Morgan fingerprint density at radius 3 is 0.894 bits per heavy atom. The van der Waals surface area contributed by atoms with Gasteiger partial charge in [0, 0.05) is 25.7 Å². The van der Waals surface area contributed by atoms with Crippen molar-refractivity contribution in [2.45, 2.75) is 239 Å². The van der Waals surface area contributed by atoms with Gasteiger partial charge in [-0.1, -0.05) is 169 Å². The molecule has 0 bridgehead atoms. The third-order valence-corrected chi connectivity index (χ3v) is 12.5. The molecule has 0 aliphatic rings. The van der Waals surface area contributed by atoms with E-state index in [-0.39, 0.29) is 25.7 Å². The second-order valence-electron chi connectivity index (χ2n) is 17.1. The van der Waals surface area contributed by atoms with Crippen LogP contribution in [0.3, 0.4) is 0 Å². The molecule has 0 saturated heterocycles. The van der Waals surface area contributed by atoms with E-state index in [2.05, 4.69) is 27.7 Å². The lowest BCUT2D eigenvalue weighted by Crippen LogP contribution is -2.30. The van der Waals surface area contributed by atoms with Crippen molar-refractivity contribution in [1.82, 2.24) is 0 Å². The van der Waals surface area contributed by atoms with Crippen molar-refractivity contribution in [2.75, 3.05) is 39.6 Å². The van der Waals surface area contributed by atoms with Crippen LogP contribution >= 0.6 is 15.6 Å². The smallest absolute Gasteiger partial charge is 0.462 e. The van der Waals surface area contributed by atoms with Crippen molar-refractivity contribution >= 4 is 39.5 Å². The Morgan fingerprint density at radius 1 is 0.364 bits per heavy atom. The number of carbonyl (C=O) groups is 4. The van der Waals surface area contributed by atoms with E-state index in [9.17, 15) is 43.2 Å². The fourth-order valence-corrected chi connectivity index (χ4v) is 8.21. The average molecular weight is 989 g/mol. The van der Waals surface area contributed by atoms with Crippen LogP contribution < -0.4 is 0 Å². The van der Waals surface area contributed by atoms with Crippen LogP contribution in [0.1, 0.15) is 220 Å². The van der Waals surface area contributed by atoms with Crippen LogP contribution in [0.25, 0.3) is 0 Å². The van der Waals surface area contributed by atoms with Crippen LogP contribution in [0.4, 0.5) is 0 Å². The largest absolute Gasteiger partial charge is 0.472 e. The summed E-state index contributed by atoms with van der Waals surface area (Å²) < 4.78 is 66.7. The Bertz CT molecular complexity index is 1320. The first kappa shape index (κ1) is 64.1. The lowest BCUT2D eigenvalue weighted by molar-refractivity contribution is -0.161. The third kappa shape index (κ3) is 42.2. The highest BCUT2D eigenvalue weighted by Crippen LogP contribution is 2.45. The Kier molecular flexibility index (Phi) is 41.8. The zero-order valence-electron chi connectivity index (χ0n) is 41.1. The number of aliphatic hydroxyl groups excluding tert-OH is 1. The highest BCUT2D eigenvalue weighted by molar-refractivity contribution is 7.47. The van der Waals surface area contributed by atoms with Gasteiger partial charge < -0.3 is 33.8 Å². The molecule has 19 heteroatoms. The third-order valence-electron chi connectivity index (χ3n) is 10.6. The maximum atomic E-state index is 12.8. The van der Waals surface area contributed by atoms with E-state index in [0.29, 0.717) is 25.7 Å². The van der Waals surface area contributed by atoms with Gasteiger partial charge in [0.15, 0.2) is 12.2 Å². The molecule has 0 rings (SSSR count). The van der Waals surface area contributed by atoms with E-state index < -0.39 is 97.5 Å². The molecule has 5 atom stereocenters. The van der Waals surface area contributed by atoms with E-state index >= 15 is 0 Å². The summed E-state index contributed by atoms with van der Waals surface area (Å²) in [6.45, 7) is 4.54. The number of hydrogen-bond acceptors (Lipinski definition) is 15. The quantitative estimate of drug-likeness (QED) is 0.0222. The summed E-state index contributed by atoms with van der Waals surface area (Å²) in [4.78, 5) is 70.7. The van der Waals surface area contributed by atoms with Crippen molar-refractivity contribution in [1.29, 1.82) is 0 Å². The van der Waals surface area contributed by atoms with Gasteiger partial charge in [-0.05, 0) is 25.7 Å². The topological polar surface area (TPSA) is 237 Å². The molecular weight excluding hydrogens is 898 g/mol. The zero-order valence-corrected chi connectivity index (χ0v) is 42.9. The minimum atomic E-state index is -4.91. The van der Waals surface area contributed by atoms with Gasteiger partial charge in [0.1, 0.15) is 19.3 Å². The predicted molar refractivity (Wildman–Crippen MR) is 252 cm³/mol. The number of esters is 4. The molecule has 0 aromatic rings. The SMILES string of the molecule is CCCCCCCCCCC(=O)O[C@H](COC(=O)CCCCCCCC)COP(=O)(O)OC[C@H](O)COP(=O)(O)OC[C@@H](COC(=O)CCCCCCC)OC(=O)CCCCCCCCC. The zero-order chi connectivity index (χ0) is 49.2. The molecule has 0 aliphatic carbocycles. The van der Waals surface area contributed by atoms with Crippen molar-refractivity contribution < 1.29 is 80.2 Å². The Morgan fingerprint density at radius 2 is 0.606 bits per heavy atom. The molecular formula is C47H90O17P2. The Labute approximate surface area is 397 Å². The van der Waals surface area contributed by atoms with Crippen LogP contribution in [0.5, 0.6) is 0 Å². The van der Waals surface area contributed by atoms with Gasteiger partial charge in [-0.3, -0.25) is 37.3 Å². The molecule has 0 aromatic heterocycles. The van der Waals surface area contributed by atoms with Crippen molar-refractivity contribution in [3.8, 4) is 0 Å². The number of phosphoric acid groups is 2. The molecule has 0 aliphatic heterocycles. The molecule has 66 heavy (non-hydrogen) atoms.